The van der Waals surface area contributed by atoms with Crippen LogP contribution < -0.4 is 10.6 Å². The van der Waals surface area contributed by atoms with Crippen molar-refractivity contribution in [1.82, 2.24) is 15.3 Å². The predicted molar refractivity (Wildman–Crippen MR) is 62.9 cm³/mol. The third kappa shape index (κ3) is 3.67. The maximum atomic E-state index is 11.2. The van der Waals surface area contributed by atoms with Gasteiger partial charge < -0.3 is 15.4 Å². The zero-order valence-electron chi connectivity index (χ0n) is 9.77. The molecular weight excluding hydrogens is 220 g/mol. The van der Waals surface area contributed by atoms with Gasteiger partial charge in [0.05, 0.1) is 19.5 Å². The van der Waals surface area contributed by atoms with E-state index in [2.05, 4.69) is 25.3 Å². The Bertz CT molecular complexity index is 393. The largest absolute Gasteiger partial charge is 0.464 e. The number of anilines is 1. The lowest BCUT2D eigenvalue weighted by Crippen LogP contribution is -2.24. The van der Waals surface area contributed by atoms with Gasteiger partial charge >= 0.3 is 5.97 Å². The van der Waals surface area contributed by atoms with E-state index >= 15 is 0 Å². The summed E-state index contributed by atoms with van der Waals surface area (Å²) in [5.74, 6) is 0.114. The van der Waals surface area contributed by atoms with E-state index in [0.717, 1.165) is 13.1 Å². The van der Waals surface area contributed by atoms with Crippen molar-refractivity contribution in [2.75, 3.05) is 25.5 Å². The molecule has 1 aliphatic rings. The Morgan fingerprint density at radius 1 is 1.47 bits per heavy atom. The minimum Gasteiger partial charge on any atom is -0.464 e. The van der Waals surface area contributed by atoms with E-state index < -0.39 is 5.97 Å². The van der Waals surface area contributed by atoms with E-state index in [0.29, 0.717) is 11.9 Å². The smallest absolute Gasteiger partial charge is 0.358 e. The number of rotatable bonds is 6. The van der Waals surface area contributed by atoms with Crippen LogP contribution in [0.1, 0.15) is 23.3 Å². The predicted octanol–water partition coefficient (Wildman–Crippen LogP) is 0.427. The molecule has 6 nitrogen and oxygen atoms in total. The number of carbonyl (C=O) groups is 1. The fraction of sp³-hybridized carbons (Fsp3) is 0.545. The fourth-order valence-corrected chi connectivity index (χ4v) is 1.41. The van der Waals surface area contributed by atoms with Gasteiger partial charge in [0, 0.05) is 19.1 Å². The average molecular weight is 236 g/mol. The molecule has 0 aromatic carbocycles. The third-order valence-corrected chi connectivity index (χ3v) is 2.47. The molecule has 0 unspecified atom stereocenters. The normalized spacial score (nSPS) is 14.4. The van der Waals surface area contributed by atoms with Gasteiger partial charge in [-0.25, -0.2) is 9.78 Å². The first-order chi connectivity index (χ1) is 8.29. The minimum atomic E-state index is -0.475. The van der Waals surface area contributed by atoms with Crippen molar-refractivity contribution in [3.8, 4) is 0 Å². The summed E-state index contributed by atoms with van der Waals surface area (Å²) in [4.78, 5) is 19.3. The monoisotopic (exact) mass is 236 g/mol. The lowest BCUT2D eigenvalue weighted by Gasteiger charge is -2.06. The van der Waals surface area contributed by atoms with Crippen molar-refractivity contribution in [3.05, 3.63) is 18.1 Å². The molecule has 2 rings (SSSR count). The second-order valence-corrected chi connectivity index (χ2v) is 3.94. The molecule has 1 aromatic heterocycles. The Balaban J connectivity index is 1.80. The quantitative estimate of drug-likeness (QED) is 0.551. The van der Waals surface area contributed by atoms with E-state index in [1.807, 2.05) is 0 Å². The maximum Gasteiger partial charge on any atom is 0.358 e. The Labute approximate surface area is 99.8 Å². The summed E-state index contributed by atoms with van der Waals surface area (Å²) >= 11 is 0. The first-order valence-electron chi connectivity index (χ1n) is 5.67. The van der Waals surface area contributed by atoms with Crippen LogP contribution in [0.15, 0.2) is 12.4 Å². The summed E-state index contributed by atoms with van der Waals surface area (Å²) in [7, 11) is 1.32. The molecular formula is C11H16N4O2. The SMILES string of the molecule is COC(=O)c1cncc(NCCNC2CC2)n1. The fourth-order valence-electron chi connectivity index (χ4n) is 1.41. The van der Waals surface area contributed by atoms with Crippen LogP contribution in [0.4, 0.5) is 5.82 Å². The lowest BCUT2D eigenvalue weighted by atomic mass is 10.4. The molecule has 2 N–H and O–H groups in total. The molecule has 0 aliphatic heterocycles. The van der Waals surface area contributed by atoms with Gasteiger partial charge in [-0.15, -0.1) is 0 Å². The number of hydrogen-bond donors (Lipinski definition) is 2. The highest BCUT2D eigenvalue weighted by Crippen LogP contribution is 2.17. The van der Waals surface area contributed by atoms with Gasteiger partial charge in [-0.3, -0.25) is 4.98 Å². The third-order valence-electron chi connectivity index (χ3n) is 2.47. The van der Waals surface area contributed by atoms with Gasteiger partial charge in [-0.1, -0.05) is 0 Å². The summed E-state index contributed by atoms with van der Waals surface area (Å²) in [6.45, 7) is 1.64. The molecule has 0 radical (unpaired) electrons. The van der Waals surface area contributed by atoms with Crippen LogP contribution in [0.5, 0.6) is 0 Å². The second-order valence-electron chi connectivity index (χ2n) is 3.94. The number of aromatic nitrogens is 2. The van der Waals surface area contributed by atoms with Crippen LogP contribution in [0.3, 0.4) is 0 Å². The van der Waals surface area contributed by atoms with E-state index in [-0.39, 0.29) is 5.69 Å². The molecule has 92 valence electrons. The van der Waals surface area contributed by atoms with Crippen molar-refractivity contribution in [2.24, 2.45) is 0 Å². The van der Waals surface area contributed by atoms with Crippen molar-refractivity contribution in [3.63, 3.8) is 0 Å². The number of nitrogens with zero attached hydrogens (tertiary/aromatic N) is 2. The van der Waals surface area contributed by atoms with Crippen molar-refractivity contribution in [1.29, 1.82) is 0 Å². The number of esters is 1. The van der Waals surface area contributed by atoms with Gasteiger partial charge in [0.25, 0.3) is 0 Å². The van der Waals surface area contributed by atoms with Crippen LogP contribution in [-0.4, -0.2) is 42.2 Å². The number of methoxy groups -OCH3 is 1. The van der Waals surface area contributed by atoms with Crippen LogP contribution in [0.2, 0.25) is 0 Å². The van der Waals surface area contributed by atoms with Crippen molar-refractivity contribution >= 4 is 11.8 Å². The van der Waals surface area contributed by atoms with Gasteiger partial charge in [-0.05, 0) is 12.8 Å². The van der Waals surface area contributed by atoms with Gasteiger partial charge in [0.15, 0.2) is 5.69 Å². The summed E-state index contributed by atoms with van der Waals surface area (Å²) in [5, 5.41) is 6.48. The molecule has 1 fully saturated rings. The zero-order valence-corrected chi connectivity index (χ0v) is 9.77. The van der Waals surface area contributed by atoms with Crippen LogP contribution in [0.25, 0.3) is 0 Å². The summed E-state index contributed by atoms with van der Waals surface area (Å²) in [6, 6.07) is 0.698. The highest BCUT2D eigenvalue weighted by molar-refractivity contribution is 5.87. The van der Waals surface area contributed by atoms with Gasteiger partial charge in [0.2, 0.25) is 0 Å². The zero-order chi connectivity index (χ0) is 12.1. The first-order valence-corrected chi connectivity index (χ1v) is 5.67. The highest BCUT2D eigenvalue weighted by Gasteiger charge is 2.19. The lowest BCUT2D eigenvalue weighted by molar-refractivity contribution is 0.0593. The van der Waals surface area contributed by atoms with E-state index in [9.17, 15) is 4.79 Å². The molecule has 17 heavy (non-hydrogen) atoms. The van der Waals surface area contributed by atoms with Gasteiger partial charge in [0.1, 0.15) is 5.82 Å². The number of carbonyl (C=O) groups excluding carboxylic acids is 1. The molecule has 0 amide bonds. The molecule has 0 saturated heterocycles. The van der Waals surface area contributed by atoms with Crippen LogP contribution in [-0.2, 0) is 4.74 Å². The molecule has 1 aliphatic carbocycles. The summed E-state index contributed by atoms with van der Waals surface area (Å²) in [6.07, 6.45) is 5.53. The topological polar surface area (TPSA) is 76.1 Å². The summed E-state index contributed by atoms with van der Waals surface area (Å²) in [5.41, 5.74) is 0.215. The number of hydrogen-bond acceptors (Lipinski definition) is 6. The Morgan fingerprint density at radius 2 is 2.29 bits per heavy atom. The van der Waals surface area contributed by atoms with Crippen LogP contribution in [0, 0.1) is 0 Å². The standard InChI is InChI=1S/C11H16N4O2/c1-17-11(16)9-6-12-7-10(15-9)14-5-4-13-8-2-3-8/h6-8,13H,2-5H2,1H3,(H,14,15). The second kappa shape index (κ2) is 5.58. The molecule has 1 saturated carbocycles. The Kier molecular flexibility index (Phi) is 3.87. The molecule has 6 heteroatoms. The first kappa shape index (κ1) is 11.8. The van der Waals surface area contributed by atoms with Crippen molar-refractivity contribution in [2.45, 2.75) is 18.9 Å². The maximum absolute atomic E-state index is 11.2. The summed E-state index contributed by atoms with van der Waals surface area (Å²) < 4.78 is 4.58. The van der Waals surface area contributed by atoms with E-state index in [4.69, 9.17) is 0 Å². The number of ether oxygens (including phenoxy) is 1. The van der Waals surface area contributed by atoms with E-state index in [1.165, 1.54) is 26.1 Å². The van der Waals surface area contributed by atoms with Crippen LogP contribution >= 0.6 is 0 Å². The molecule has 0 spiro atoms. The molecule has 0 atom stereocenters. The van der Waals surface area contributed by atoms with E-state index in [1.54, 1.807) is 6.20 Å². The average Bonchev–Trinajstić information content (AvgIpc) is 3.18. The molecule has 1 heterocycles. The highest BCUT2D eigenvalue weighted by atomic mass is 16.5. The Morgan fingerprint density at radius 3 is 3.00 bits per heavy atom. The van der Waals surface area contributed by atoms with Gasteiger partial charge in [-0.2, -0.15) is 0 Å². The molecule has 1 aromatic rings. The minimum absolute atomic E-state index is 0.215. The number of nitrogens with one attached hydrogen (secondary N) is 2. The molecule has 0 bridgehead atoms. The Hall–Kier alpha value is -1.69. The van der Waals surface area contributed by atoms with Crippen molar-refractivity contribution < 1.29 is 9.53 Å².